The van der Waals surface area contributed by atoms with Crippen molar-refractivity contribution in [2.75, 3.05) is 49.5 Å². The van der Waals surface area contributed by atoms with Crippen LogP contribution in [-0.4, -0.2) is 64.4 Å². The molecule has 0 atom stereocenters. The zero-order valence-corrected chi connectivity index (χ0v) is 15.7. The average molecular weight is 381 g/mol. The van der Waals surface area contributed by atoms with E-state index in [9.17, 15) is 4.39 Å². The third-order valence-electron chi connectivity index (χ3n) is 4.97. The molecule has 0 amide bonds. The lowest BCUT2D eigenvalue weighted by molar-refractivity contribution is 0.256. The zero-order chi connectivity index (χ0) is 19.2. The van der Waals surface area contributed by atoms with Crippen molar-refractivity contribution < 1.29 is 4.39 Å². The van der Waals surface area contributed by atoms with E-state index < -0.39 is 0 Å². The van der Waals surface area contributed by atoms with Crippen LogP contribution in [0, 0.1) is 5.82 Å². The van der Waals surface area contributed by atoms with Gasteiger partial charge >= 0.3 is 0 Å². The van der Waals surface area contributed by atoms with Crippen molar-refractivity contribution in [2.45, 2.75) is 6.42 Å². The van der Waals surface area contributed by atoms with Gasteiger partial charge in [0.2, 0.25) is 5.95 Å². The molecular formula is C20H24FN7. The van der Waals surface area contributed by atoms with E-state index in [1.807, 2.05) is 42.5 Å². The summed E-state index contributed by atoms with van der Waals surface area (Å²) in [4.78, 5) is 4.54. The summed E-state index contributed by atoms with van der Waals surface area (Å²) in [5, 5.41) is 15.2. The van der Waals surface area contributed by atoms with E-state index in [0.29, 0.717) is 11.6 Å². The molecule has 2 heterocycles. The Labute approximate surface area is 163 Å². The van der Waals surface area contributed by atoms with E-state index >= 15 is 0 Å². The van der Waals surface area contributed by atoms with Gasteiger partial charge in [0.1, 0.15) is 5.82 Å². The van der Waals surface area contributed by atoms with Gasteiger partial charge < -0.3 is 10.2 Å². The molecule has 1 fully saturated rings. The highest BCUT2D eigenvalue weighted by molar-refractivity contribution is 5.48. The minimum Gasteiger partial charge on any atom is -0.367 e. The van der Waals surface area contributed by atoms with Gasteiger partial charge in [-0.05, 0) is 47.7 Å². The number of tetrazole rings is 1. The predicted molar refractivity (Wildman–Crippen MR) is 107 cm³/mol. The van der Waals surface area contributed by atoms with Crippen LogP contribution in [0.3, 0.4) is 0 Å². The van der Waals surface area contributed by atoms with Crippen LogP contribution in [0.5, 0.6) is 0 Å². The van der Waals surface area contributed by atoms with Crippen molar-refractivity contribution in [3.05, 3.63) is 60.4 Å². The molecule has 0 bridgehead atoms. The summed E-state index contributed by atoms with van der Waals surface area (Å²) >= 11 is 0. The normalized spacial score (nSPS) is 15.0. The van der Waals surface area contributed by atoms with Crippen LogP contribution < -0.4 is 10.2 Å². The number of hydrogen-bond acceptors (Lipinski definition) is 6. The summed E-state index contributed by atoms with van der Waals surface area (Å²) in [6, 6.07) is 16.8. The largest absolute Gasteiger partial charge is 0.367 e. The molecule has 28 heavy (non-hydrogen) atoms. The minimum absolute atomic E-state index is 0.142. The summed E-state index contributed by atoms with van der Waals surface area (Å²) in [6.45, 7) is 5.36. The number of nitrogens with one attached hydrogen (secondary N) is 1. The van der Waals surface area contributed by atoms with Crippen molar-refractivity contribution in [1.82, 2.24) is 25.1 Å². The molecular weight excluding hydrogens is 357 g/mol. The molecule has 1 aliphatic heterocycles. The van der Waals surface area contributed by atoms with Crippen molar-refractivity contribution in [3.8, 4) is 5.69 Å². The van der Waals surface area contributed by atoms with E-state index in [1.165, 1.54) is 6.07 Å². The van der Waals surface area contributed by atoms with E-state index in [4.69, 9.17) is 0 Å². The first-order chi connectivity index (χ1) is 13.8. The summed E-state index contributed by atoms with van der Waals surface area (Å²) in [7, 11) is 0. The molecule has 7 nitrogen and oxygen atoms in total. The molecule has 1 aliphatic rings. The van der Waals surface area contributed by atoms with Gasteiger partial charge in [0.15, 0.2) is 0 Å². The van der Waals surface area contributed by atoms with Crippen molar-refractivity contribution in [2.24, 2.45) is 0 Å². The molecule has 146 valence electrons. The van der Waals surface area contributed by atoms with Gasteiger partial charge in [-0.25, -0.2) is 4.39 Å². The summed E-state index contributed by atoms with van der Waals surface area (Å²) < 4.78 is 15.6. The molecule has 0 radical (unpaired) electrons. The molecule has 0 saturated carbocycles. The fraction of sp³-hybridized carbons (Fsp3) is 0.350. The second-order valence-electron chi connectivity index (χ2n) is 6.81. The first-order valence-corrected chi connectivity index (χ1v) is 9.61. The third-order valence-corrected chi connectivity index (χ3v) is 4.97. The van der Waals surface area contributed by atoms with Crippen LogP contribution in [0.4, 0.5) is 16.0 Å². The highest BCUT2D eigenvalue weighted by Crippen LogP contribution is 2.20. The Morgan fingerprint density at radius 2 is 1.68 bits per heavy atom. The maximum Gasteiger partial charge on any atom is 0.247 e. The maximum absolute atomic E-state index is 13.9. The maximum atomic E-state index is 13.9. The zero-order valence-electron chi connectivity index (χ0n) is 15.7. The predicted octanol–water partition coefficient (Wildman–Crippen LogP) is 2.43. The number of piperazine rings is 1. The molecule has 1 saturated heterocycles. The van der Waals surface area contributed by atoms with Crippen LogP contribution in [0.25, 0.3) is 5.69 Å². The Hall–Kier alpha value is -3.00. The third kappa shape index (κ3) is 4.28. The second kappa shape index (κ2) is 8.79. The standard InChI is InChI=1S/C20H24FN7/c21-18-9-4-5-10-19(18)27-15-13-26(14-16-27)12-6-11-22-20-23-24-25-28(20)17-7-2-1-3-8-17/h1-5,7-10H,6,11-16H2,(H,22,23,25). The van der Waals surface area contributed by atoms with Gasteiger partial charge in [0, 0.05) is 32.7 Å². The summed E-state index contributed by atoms with van der Waals surface area (Å²) in [5.74, 6) is 0.506. The molecule has 0 aliphatic carbocycles. The Kier molecular flexibility index (Phi) is 5.77. The summed E-state index contributed by atoms with van der Waals surface area (Å²) in [5.41, 5.74) is 1.64. The quantitative estimate of drug-likeness (QED) is 0.635. The fourth-order valence-corrected chi connectivity index (χ4v) is 3.46. The number of aromatic nitrogens is 4. The number of rotatable bonds is 7. The Morgan fingerprint density at radius 1 is 0.929 bits per heavy atom. The summed E-state index contributed by atoms with van der Waals surface area (Å²) in [6.07, 6.45) is 0.987. The lowest BCUT2D eigenvalue weighted by Crippen LogP contribution is -2.47. The first kappa shape index (κ1) is 18.4. The van der Waals surface area contributed by atoms with Crippen LogP contribution in [0.15, 0.2) is 54.6 Å². The molecule has 0 unspecified atom stereocenters. The monoisotopic (exact) mass is 381 g/mol. The Balaban J connectivity index is 1.21. The lowest BCUT2D eigenvalue weighted by Gasteiger charge is -2.36. The molecule has 1 N–H and O–H groups in total. The van der Waals surface area contributed by atoms with Crippen molar-refractivity contribution in [1.29, 1.82) is 0 Å². The van der Waals surface area contributed by atoms with Gasteiger partial charge in [-0.1, -0.05) is 35.4 Å². The number of nitrogens with zero attached hydrogens (tertiary/aromatic N) is 6. The number of halogens is 1. The van der Waals surface area contributed by atoms with Gasteiger partial charge in [0.05, 0.1) is 11.4 Å². The number of anilines is 2. The van der Waals surface area contributed by atoms with Gasteiger partial charge in [-0.3, -0.25) is 4.90 Å². The lowest BCUT2D eigenvalue weighted by atomic mass is 10.2. The Bertz CT molecular complexity index is 875. The SMILES string of the molecule is Fc1ccccc1N1CCN(CCCNc2nnnn2-c2ccccc2)CC1. The number of benzene rings is 2. The van der Waals surface area contributed by atoms with Crippen molar-refractivity contribution in [3.63, 3.8) is 0 Å². The van der Waals surface area contributed by atoms with E-state index in [1.54, 1.807) is 10.7 Å². The van der Waals surface area contributed by atoms with E-state index in [-0.39, 0.29) is 5.82 Å². The van der Waals surface area contributed by atoms with Crippen molar-refractivity contribution >= 4 is 11.6 Å². The van der Waals surface area contributed by atoms with Gasteiger partial charge in [-0.2, -0.15) is 4.68 Å². The van der Waals surface area contributed by atoms with E-state index in [2.05, 4.69) is 30.6 Å². The molecule has 2 aromatic carbocycles. The van der Waals surface area contributed by atoms with E-state index in [0.717, 1.165) is 51.4 Å². The highest BCUT2D eigenvalue weighted by Gasteiger charge is 2.18. The van der Waals surface area contributed by atoms with Crippen LogP contribution in [-0.2, 0) is 0 Å². The van der Waals surface area contributed by atoms with Crippen LogP contribution in [0.1, 0.15) is 6.42 Å². The topological polar surface area (TPSA) is 62.1 Å². The molecule has 4 rings (SSSR count). The second-order valence-corrected chi connectivity index (χ2v) is 6.81. The van der Waals surface area contributed by atoms with Gasteiger partial charge in [-0.15, -0.1) is 0 Å². The molecule has 0 spiro atoms. The highest BCUT2D eigenvalue weighted by atomic mass is 19.1. The number of para-hydroxylation sites is 2. The van der Waals surface area contributed by atoms with Crippen LogP contribution in [0.2, 0.25) is 0 Å². The van der Waals surface area contributed by atoms with Gasteiger partial charge in [0.25, 0.3) is 0 Å². The molecule has 3 aromatic rings. The molecule has 8 heteroatoms. The smallest absolute Gasteiger partial charge is 0.247 e. The molecule has 1 aromatic heterocycles. The Morgan fingerprint density at radius 3 is 2.46 bits per heavy atom. The minimum atomic E-state index is -0.142. The average Bonchev–Trinajstić information content (AvgIpc) is 3.21. The first-order valence-electron chi connectivity index (χ1n) is 9.61. The fourth-order valence-electron chi connectivity index (χ4n) is 3.46. The van der Waals surface area contributed by atoms with Crippen LogP contribution >= 0.6 is 0 Å². The number of hydrogen-bond donors (Lipinski definition) is 1.